The molecule has 6 atom stereocenters. The zero-order chi connectivity index (χ0) is 29.3. The number of piperidine rings is 1. The molecule has 0 aromatic heterocycles. The van der Waals surface area contributed by atoms with Gasteiger partial charge in [-0.25, -0.2) is 0 Å². The average Bonchev–Trinajstić information content (AvgIpc) is 3.71. The molecule has 1 saturated carbocycles. The Balaban J connectivity index is 1.03. The van der Waals surface area contributed by atoms with Crippen molar-refractivity contribution < 1.29 is 14.3 Å². The lowest BCUT2D eigenvalue weighted by atomic mass is 9.86. The van der Waals surface area contributed by atoms with Crippen LogP contribution in [0, 0.1) is 5.92 Å². The molecule has 0 radical (unpaired) electrons. The molecule has 6 aliphatic heterocycles. The van der Waals surface area contributed by atoms with Gasteiger partial charge in [-0.2, -0.15) is 5.01 Å². The zero-order valence-electron chi connectivity index (χ0n) is 25.4. The van der Waals surface area contributed by atoms with Gasteiger partial charge in [0.05, 0.1) is 30.9 Å². The van der Waals surface area contributed by atoms with E-state index in [-0.39, 0.29) is 55.2 Å². The summed E-state index contributed by atoms with van der Waals surface area (Å²) in [6.07, 6.45) is 9.67. The maximum Gasteiger partial charge on any atom is 0.249 e. The van der Waals surface area contributed by atoms with E-state index in [1.165, 1.54) is 30.5 Å². The summed E-state index contributed by atoms with van der Waals surface area (Å²) in [5.74, 6) is -0.0189. The van der Waals surface area contributed by atoms with E-state index < -0.39 is 0 Å². The summed E-state index contributed by atoms with van der Waals surface area (Å²) in [6, 6.07) is 7.44. The highest BCUT2D eigenvalue weighted by Gasteiger charge is 2.54. The second kappa shape index (κ2) is 10.8. The Morgan fingerprint density at radius 1 is 1.09 bits per heavy atom. The molecule has 5 fully saturated rings. The molecule has 4 N–H and O–H groups in total. The molecule has 1 spiro atoms. The van der Waals surface area contributed by atoms with Crippen molar-refractivity contribution >= 4 is 17.5 Å². The Labute approximate surface area is 254 Å². The van der Waals surface area contributed by atoms with Crippen LogP contribution in [0.2, 0.25) is 0 Å². The van der Waals surface area contributed by atoms with E-state index in [9.17, 15) is 9.59 Å². The van der Waals surface area contributed by atoms with Gasteiger partial charge in [0.2, 0.25) is 11.8 Å². The van der Waals surface area contributed by atoms with Crippen LogP contribution in [0.1, 0.15) is 63.5 Å². The summed E-state index contributed by atoms with van der Waals surface area (Å²) >= 11 is 0. The lowest BCUT2D eigenvalue weighted by molar-refractivity contribution is -0.176. The highest BCUT2D eigenvalue weighted by Crippen LogP contribution is 2.53. The van der Waals surface area contributed by atoms with Crippen molar-refractivity contribution in [3.63, 3.8) is 0 Å². The number of fused-ring (bicyclic) bond motifs is 7. The van der Waals surface area contributed by atoms with Gasteiger partial charge in [0, 0.05) is 43.3 Å². The molecule has 1 aliphatic carbocycles. The molecular weight excluding hydrogens is 544 g/mol. The summed E-state index contributed by atoms with van der Waals surface area (Å²) in [6.45, 7) is 8.77. The number of amides is 2. The minimum Gasteiger partial charge on any atom is -0.365 e. The van der Waals surface area contributed by atoms with Crippen molar-refractivity contribution in [2.24, 2.45) is 5.92 Å². The fourth-order valence-electron chi connectivity index (χ4n) is 8.36. The highest BCUT2D eigenvalue weighted by atomic mass is 16.5. The Hall–Kier alpha value is -2.54. The molecule has 1 aromatic rings. The normalized spacial score (nSPS) is 36.4. The number of carbonyl (C=O) groups is 2. The highest BCUT2D eigenvalue weighted by molar-refractivity contribution is 5.82. The SMILES string of the molecule is CC(C)N1Cc2cc(NC3NCC4C(=O)N5C/C=C\CCCN6C(=O)COC7CCC(NC76)N5C4N3)ccc2C2(CC2)C1. The standard InChI is InChI=1S/C32H46N8O3/c1-20(2)37-17-21-15-22(7-8-24(21)32(19-37)11-12-32)34-31-33-16-23-28(36-31)40-26-10-9-25-29(35-26)38(27(41)18-43-25)13-5-3-4-6-14-39(40)30(23)42/h4,6-8,15,20,23,25-26,28-29,31,33-36H,3,5,9-14,16-19H2,1-2H3/b6-4-. The van der Waals surface area contributed by atoms with Gasteiger partial charge in [-0.15, -0.1) is 0 Å². The summed E-state index contributed by atoms with van der Waals surface area (Å²) in [7, 11) is 0. The first-order valence-corrected chi connectivity index (χ1v) is 16.5. The van der Waals surface area contributed by atoms with Crippen LogP contribution < -0.4 is 21.3 Å². The van der Waals surface area contributed by atoms with Crippen molar-refractivity contribution in [2.75, 3.05) is 38.1 Å². The number of anilines is 1. The van der Waals surface area contributed by atoms with Crippen LogP contribution in [0.15, 0.2) is 30.4 Å². The van der Waals surface area contributed by atoms with Gasteiger partial charge in [-0.1, -0.05) is 18.2 Å². The predicted octanol–water partition coefficient (Wildman–Crippen LogP) is 1.45. The molecule has 4 saturated heterocycles. The number of morpholine rings is 1. The molecule has 2 amide bonds. The largest absolute Gasteiger partial charge is 0.365 e. The third kappa shape index (κ3) is 4.89. The van der Waals surface area contributed by atoms with Gasteiger partial charge in [-0.05, 0) is 75.6 Å². The number of hydrazine groups is 1. The second-order valence-electron chi connectivity index (χ2n) is 13.9. The van der Waals surface area contributed by atoms with Gasteiger partial charge >= 0.3 is 0 Å². The Morgan fingerprint density at radius 3 is 2.81 bits per heavy atom. The lowest BCUT2D eigenvalue weighted by Gasteiger charge is -2.50. The quantitative estimate of drug-likeness (QED) is 0.390. The second-order valence-corrected chi connectivity index (χ2v) is 13.9. The number of hydrogen-bond donors (Lipinski definition) is 4. The third-order valence-corrected chi connectivity index (χ3v) is 10.9. The van der Waals surface area contributed by atoms with Crippen molar-refractivity contribution in [2.45, 2.75) is 101 Å². The van der Waals surface area contributed by atoms with Gasteiger partial charge in [0.15, 0.2) is 0 Å². The molecule has 6 heterocycles. The number of rotatable bonds is 3. The van der Waals surface area contributed by atoms with Crippen molar-refractivity contribution in [1.82, 2.24) is 35.8 Å². The third-order valence-electron chi connectivity index (χ3n) is 10.9. The average molecular weight is 591 g/mol. The van der Waals surface area contributed by atoms with Crippen LogP contribution in [0.25, 0.3) is 0 Å². The van der Waals surface area contributed by atoms with Crippen LogP contribution in [0.4, 0.5) is 5.69 Å². The molecule has 232 valence electrons. The first kappa shape index (κ1) is 28.0. The van der Waals surface area contributed by atoms with E-state index in [1.807, 2.05) is 9.91 Å². The minimum absolute atomic E-state index is 0.0178. The molecule has 11 nitrogen and oxygen atoms in total. The monoisotopic (exact) mass is 590 g/mol. The Kier molecular flexibility index (Phi) is 7.04. The van der Waals surface area contributed by atoms with Crippen LogP contribution in [-0.2, 0) is 26.3 Å². The number of carbonyl (C=O) groups excluding carboxylic acids is 2. The van der Waals surface area contributed by atoms with Gasteiger partial charge < -0.3 is 15.0 Å². The topological polar surface area (TPSA) is 104 Å². The van der Waals surface area contributed by atoms with Gasteiger partial charge in [-0.3, -0.25) is 35.4 Å². The van der Waals surface area contributed by atoms with Crippen LogP contribution in [0.5, 0.6) is 0 Å². The molecule has 1 aromatic carbocycles. The molecule has 2 bridgehead atoms. The zero-order valence-corrected chi connectivity index (χ0v) is 25.4. The van der Waals surface area contributed by atoms with Gasteiger partial charge in [0.1, 0.15) is 19.1 Å². The number of hydrogen-bond acceptors (Lipinski definition) is 9. The summed E-state index contributed by atoms with van der Waals surface area (Å²) in [4.78, 5) is 31.2. The summed E-state index contributed by atoms with van der Waals surface area (Å²) in [5, 5.41) is 18.9. The van der Waals surface area contributed by atoms with E-state index >= 15 is 0 Å². The smallest absolute Gasteiger partial charge is 0.249 e. The first-order valence-electron chi connectivity index (χ1n) is 16.5. The molecular formula is C32H46N8O3. The number of nitrogens with one attached hydrogen (secondary N) is 4. The predicted molar refractivity (Wildman–Crippen MR) is 162 cm³/mol. The van der Waals surface area contributed by atoms with Gasteiger partial charge in [0.25, 0.3) is 0 Å². The Bertz CT molecular complexity index is 1300. The lowest BCUT2D eigenvalue weighted by Crippen LogP contribution is -2.72. The van der Waals surface area contributed by atoms with E-state index in [0.717, 1.165) is 37.9 Å². The van der Waals surface area contributed by atoms with E-state index in [2.05, 4.69) is 75.4 Å². The summed E-state index contributed by atoms with van der Waals surface area (Å²) in [5.41, 5.74) is 4.41. The van der Waals surface area contributed by atoms with Crippen molar-refractivity contribution in [3.05, 3.63) is 41.5 Å². The van der Waals surface area contributed by atoms with Crippen molar-refractivity contribution in [1.29, 1.82) is 0 Å². The fraction of sp³-hybridized carbons (Fsp3) is 0.688. The molecule has 8 rings (SSSR count). The van der Waals surface area contributed by atoms with E-state index in [4.69, 9.17) is 4.74 Å². The first-order chi connectivity index (χ1) is 20.9. The molecule has 43 heavy (non-hydrogen) atoms. The summed E-state index contributed by atoms with van der Waals surface area (Å²) < 4.78 is 5.96. The fourth-order valence-corrected chi connectivity index (χ4v) is 8.36. The number of ether oxygens (including phenoxy) is 1. The minimum atomic E-state index is -0.200. The maximum absolute atomic E-state index is 13.8. The maximum atomic E-state index is 13.8. The van der Waals surface area contributed by atoms with E-state index in [1.54, 1.807) is 0 Å². The molecule has 11 heteroatoms. The van der Waals surface area contributed by atoms with Crippen molar-refractivity contribution in [3.8, 4) is 0 Å². The Morgan fingerprint density at radius 2 is 1.98 bits per heavy atom. The number of allylic oxidation sites excluding steroid dienone is 1. The van der Waals surface area contributed by atoms with Crippen LogP contribution in [0.3, 0.4) is 0 Å². The van der Waals surface area contributed by atoms with Crippen LogP contribution in [-0.4, -0.2) is 101 Å². The molecule has 7 aliphatic rings. The van der Waals surface area contributed by atoms with E-state index in [0.29, 0.717) is 31.1 Å². The number of benzene rings is 1. The number of nitrogens with zero attached hydrogens (tertiary/aromatic N) is 4. The molecule has 6 unspecified atom stereocenters. The van der Waals surface area contributed by atoms with Crippen LogP contribution >= 0.6 is 0 Å².